The maximum atomic E-state index is 12.9. The molecule has 0 unspecified atom stereocenters. The van der Waals surface area contributed by atoms with Crippen molar-refractivity contribution >= 4 is 11.5 Å². The molecular formula is C14H9F4N3. The molecule has 0 spiro atoms. The van der Waals surface area contributed by atoms with Crippen molar-refractivity contribution in [1.29, 1.82) is 0 Å². The van der Waals surface area contributed by atoms with E-state index in [1.54, 1.807) is 0 Å². The average molecular weight is 295 g/mol. The van der Waals surface area contributed by atoms with Crippen LogP contribution < -0.4 is 5.73 Å². The number of fused-ring (bicyclic) bond motifs is 1. The van der Waals surface area contributed by atoms with Crippen LogP contribution in [0.2, 0.25) is 0 Å². The van der Waals surface area contributed by atoms with Gasteiger partial charge in [0.25, 0.3) is 0 Å². The maximum absolute atomic E-state index is 12.9. The molecule has 3 aromatic rings. The minimum atomic E-state index is -4.45. The summed E-state index contributed by atoms with van der Waals surface area (Å²) >= 11 is 0. The lowest BCUT2D eigenvalue weighted by molar-refractivity contribution is -0.137. The number of pyridine rings is 1. The number of benzene rings is 1. The Bertz CT molecular complexity index is 803. The van der Waals surface area contributed by atoms with E-state index in [0.717, 1.165) is 12.1 Å². The van der Waals surface area contributed by atoms with Gasteiger partial charge >= 0.3 is 6.18 Å². The molecule has 2 heterocycles. The van der Waals surface area contributed by atoms with Crippen LogP contribution in [-0.2, 0) is 6.18 Å². The van der Waals surface area contributed by atoms with Crippen LogP contribution in [0.3, 0.4) is 0 Å². The van der Waals surface area contributed by atoms with Crippen molar-refractivity contribution in [2.24, 2.45) is 0 Å². The van der Waals surface area contributed by atoms with Crippen LogP contribution in [0.15, 0.2) is 42.6 Å². The molecule has 3 rings (SSSR count). The highest BCUT2D eigenvalue weighted by molar-refractivity contribution is 5.75. The molecule has 0 amide bonds. The standard InChI is InChI=1S/C14H9F4N3/c15-10-3-1-8(2-4-10)12-13(19)21-6-5-9(14(16,17)18)7-11(21)20-12/h1-7H,19H2. The van der Waals surface area contributed by atoms with E-state index < -0.39 is 17.6 Å². The van der Waals surface area contributed by atoms with Gasteiger partial charge < -0.3 is 5.73 Å². The minimum Gasteiger partial charge on any atom is -0.383 e. The predicted octanol–water partition coefficient (Wildman–Crippen LogP) is 3.74. The predicted molar refractivity (Wildman–Crippen MR) is 70.0 cm³/mol. The van der Waals surface area contributed by atoms with Crippen LogP contribution in [-0.4, -0.2) is 9.38 Å². The summed E-state index contributed by atoms with van der Waals surface area (Å²) in [6, 6.07) is 7.26. The van der Waals surface area contributed by atoms with Gasteiger partial charge in [-0.25, -0.2) is 9.37 Å². The lowest BCUT2D eigenvalue weighted by atomic mass is 10.1. The summed E-state index contributed by atoms with van der Waals surface area (Å²) in [6.45, 7) is 0. The number of alkyl halides is 3. The fourth-order valence-corrected chi connectivity index (χ4v) is 2.06. The van der Waals surface area contributed by atoms with E-state index in [4.69, 9.17) is 5.73 Å². The van der Waals surface area contributed by atoms with Gasteiger partial charge in [0.1, 0.15) is 23.0 Å². The van der Waals surface area contributed by atoms with Crippen LogP contribution in [0, 0.1) is 5.82 Å². The number of nitrogens with two attached hydrogens (primary N) is 1. The zero-order valence-electron chi connectivity index (χ0n) is 10.5. The molecule has 0 fully saturated rings. The quantitative estimate of drug-likeness (QED) is 0.695. The number of rotatable bonds is 1. The largest absolute Gasteiger partial charge is 0.416 e. The van der Waals surface area contributed by atoms with Crippen LogP contribution in [0.1, 0.15) is 5.56 Å². The highest BCUT2D eigenvalue weighted by Crippen LogP contribution is 2.32. The number of aromatic nitrogens is 2. The summed E-state index contributed by atoms with van der Waals surface area (Å²) in [4.78, 5) is 4.10. The summed E-state index contributed by atoms with van der Waals surface area (Å²) in [5.74, 6) is -0.217. The highest BCUT2D eigenvalue weighted by atomic mass is 19.4. The van der Waals surface area contributed by atoms with E-state index in [1.165, 1.54) is 34.9 Å². The molecule has 2 aromatic heterocycles. The van der Waals surface area contributed by atoms with Gasteiger partial charge in [0.05, 0.1) is 5.56 Å². The number of anilines is 1. The smallest absolute Gasteiger partial charge is 0.383 e. The Morgan fingerprint density at radius 3 is 2.33 bits per heavy atom. The summed E-state index contributed by atoms with van der Waals surface area (Å²) in [5, 5.41) is 0. The first-order chi connectivity index (χ1) is 9.86. The van der Waals surface area contributed by atoms with Gasteiger partial charge in [0, 0.05) is 11.8 Å². The van der Waals surface area contributed by atoms with Crippen LogP contribution in [0.4, 0.5) is 23.4 Å². The molecule has 0 saturated carbocycles. The van der Waals surface area contributed by atoms with E-state index in [9.17, 15) is 17.6 Å². The molecule has 7 heteroatoms. The van der Waals surface area contributed by atoms with Crippen molar-refractivity contribution in [3.63, 3.8) is 0 Å². The molecule has 3 nitrogen and oxygen atoms in total. The van der Waals surface area contributed by atoms with Crippen molar-refractivity contribution in [1.82, 2.24) is 9.38 Å². The zero-order valence-corrected chi connectivity index (χ0v) is 10.5. The van der Waals surface area contributed by atoms with Crippen LogP contribution in [0.5, 0.6) is 0 Å². The van der Waals surface area contributed by atoms with Crippen molar-refractivity contribution in [3.8, 4) is 11.3 Å². The summed E-state index contributed by atoms with van der Waals surface area (Å²) in [7, 11) is 0. The van der Waals surface area contributed by atoms with E-state index in [0.29, 0.717) is 11.3 Å². The lowest BCUT2D eigenvalue weighted by Gasteiger charge is -2.06. The van der Waals surface area contributed by atoms with E-state index in [2.05, 4.69) is 4.98 Å². The third kappa shape index (κ3) is 2.31. The number of nitrogens with zero attached hydrogens (tertiary/aromatic N) is 2. The van der Waals surface area contributed by atoms with Gasteiger partial charge in [0.15, 0.2) is 0 Å². The summed E-state index contributed by atoms with van der Waals surface area (Å²) < 4.78 is 52.3. The fraction of sp³-hybridized carbons (Fsp3) is 0.0714. The Hall–Kier alpha value is -2.57. The monoisotopic (exact) mass is 295 g/mol. The Kier molecular flexibility index (Phi) is 2.86. The summed E-state index contributed by atoms with van der Waals surface area (Å²) in [5.41, 5.74) is 6.03. The Labute approximate surface area is 116 Å². The van der Waals surface area contributed by atoms with Crippen molar-refractivity contribution < 1.29 is 17.6 Å². The molecule has 0 aliphatic carbocycles. The Morgan fingerprint density at radius 2 is 1.71 bits per heavy atom. The second kappa shape index (κ2) is 4.47. The van der Waals surface area contributed by atoms with Crippen molar-refractivity contribution in [2.45, 2.75) is 6.18 Å². The highest BCUT2D eigenvalue weighted by Gasteiger charge is 2.31. The van der Waals surface area contributed by atoms with Crippen molar-refractivity contribution in [3.05, 3.63) is 54.0 Å². The van der Waals surface area contributed by atoms with Gasteiger partial charge in [-0.2, -0.15) is 13.2 Å². The van der Waals surface area contributed by atoms with E-state index >= 15 is 0 Å². The molecular weight excluding hydrogens is 286 g/mol. The van der Waals surface area contributed by atoms with Gasteiger partial charge in [0.2, 0.25) is 0 Å². The van der Waals surface area contributed by atoms with Gasteiger partial charge in [-0.3, -0.25) is 4.40 Å². The molecule has 0 radical (unpaired) electrons. The molecule has 108 valence electrons. The second-order valence-electron chi connectivity index (χ2n) is 4.49. The van der Waals surface area contributed by atoms with E-state index in [-0.39, 0.29) is 11.5 Å². The second-order valence-corrected chi connectivity index (χ2v) is 4.49. The number of halogens is 4. The topological polar surface area (TPSA) is 43.3 Å². The zero-order chi connectivity index (χ0) is 15.2. The summed E-state index contributed by atoms with van der Waals surface area (Å²) in [6.07, 6.45) is -3.23. The number of imidazole rings is 1. The molecule has 0 aliphatic heterocycles. The molecule has 1 aromatic carbocycles. The molecule has 0 bridgehead atoms. The average Bonchev–Trinajstić information content (AvgIpc) is 2.76. The van der Waals surface area contributed by atoms with Crippen molar-refractivity contribution in [2.75, 3.05) is 5.73 Å². The molecule has 2 N–H and O–H groups in total. The lowest BCUT2D eigenvalue weighted by Crippen LogP contribution is -2.05. The van der Waals surface area contributed by atoms with Gasteiger partial charge in [-0.05, 0) is 36.4 Å². The molecule has 0 saturated heterocycles. The first-order valence-corrected chi connectivity index (χ1v) is 5.97. The maximum Gasteiger partial charge on any atom is 0.416 e. The van der Waals surface area contributed by atoms with Crippen LogP contribution in [0.25, 0.3) is 16.9 Å². The van der Waals surface area contributed by atoms with Gasteiger partial charge in [-0.15, -0.1) is 0 Å². The first-order valence-electron chi connectivity index (χ1n) is 5.97. The number of hydrogen-bond donors (Lipinski definition) is 1. The third-order valence-electron chi connectivity index (χ3n) is 3.11. The Morgan fingerprint density at radius 1 is 1.05 bits per heavy atom. The molecule has 0 aliphatic rings. The first kappa shape index (κ1) is 13.4. The Balaban J connectivity index is 2.17. The normalized spacial score (nSPS) is 12.0. The van der Waals surface area contributed by atoms with Crippen LogP contribution >= 0.6 is 0 Å². The molecule has 0 atom stereocenters. The minimum absolute atomic E-state index is 0.0849. The number of nitrogen functional groups attached to an aromatic ring is 1. The fourth-order valence-electron chi connectivity index (χ4n) is 2.06. The molecule has 21 heavy (non-hydrogen) atoms. The third-order valence-corrected chi connectivity index (χ3v) is 3.11. The number of hydrogen-bond acceptors (Lipinski definition) is 2. The SMILES string of the molecule is Nc1c(-c2ccc(F)cc2)nc2cc(C(F)(F)F)ccn12. The van der Waals surface area contributed by atoms with E-state index in [1.807, 2.05) is 0 Å². The van der Waals surface area contributed by atoms with Gasteiger partial charge in [-0.1, -0.05) is 0 Å².